The van der Waals surface area contributed by atoms with Crippen molar-refractivity contribution in [2.75, 3.05) is 13.2 Å². The van der Waals surface area contributed by atoms with E-state index in [1.54, 1.807) is 0 Å². The number of hydrogen-bond acceptors (Lipinski definition) is 7. The van der Waals surface area contributed by atoms with Gasteiger partial charge < -0.3 is 30.2 Å². The molecule has 1 aliphatic rings. The van der Waals surface area contributed by atoms with Crippen molar-refractivity contribution in [2.24, 2.45) is 10.9 Å². The summed E-state index contributed by atoms with van der Waals surface area (Å²) < 4.78 is 51.8. The summed E-state index contributed by atoms with van der Waals surface area (Å²) >= 11 is 0. The van der Waals surface area contributed by atoms with Gasteiger partial charge in [0.05, 0.1) is 18.3 Å². The Hall–Kier alpha value is -3.02. The molecule has 3 rings (SSSR count). The molecule has 1 aromatic heterocycles. The van der Waals surface area contributed by atoms with Crippen LogP contribution in [0.2, 0.25) is 0 Å². The van der Waals surface area contributed by atoms with Gasteiger partial charge >= 0.3 is 6.18 Å². The fourth-order valence-electron chi connectivity index (χ4n) is 3.93. The van der Waals surface area contributed by atoms with Gasteiger partial charge in [0.1, 0.15) is 11.8 Å². The molecule has 0 amide bonds. The fraction of sp³-hybridized carbons (Fsp3) is 0.591. The molecule has 0 saturated carbocycles. The summed E-state index contributed by atoms with van der Waals surface area (Å²) in [7, 11) is 0. The van der Waals surface area contributed by atoms with Gasteiger partial charge in [0.2, 0.25) is 17.7 Å². The van der Waals surface area contributed by atoms with Crippen molar-refractivity contribution < 1.29 is 32.7 Å². The van der Waals surface area contributed by atoms with Gasteiger partial charge in [-0.2, -0.15) is 18.2 Å². The summed E-state index contributed by atoms with van der Waals surface area (Å²) in [6, 6.07) is 2.95. The Kier molecular flexibility index (Phi) is 8.59. The molecule has 34 heavy (non-hydrogen) atoms. The third-order valence-electron chi connectivity index (χ3n) is 5.70. The van der Waals surface area contributed by atoms with E-state index in [4.69, 9.17) is 20.2 Å². The van der Waals surface area contributed by atoms with E-state index in [2.05, 4.69) is 22.2 Å². The second-order valence-corrected chi connectivity index (χ2v) is 8.30. The van der Waals surface area contributed by atoms with Gasteiger partial charge in [-0.05, 0) is 24.6 Å². The predicted molar refractivity (Wildman–Crippen MR) is 117 cm³/mol. The summed E-state index contributed by atoms with van der Waals surface area (Å²) in [6.07, 6.45) is 0.793. The lowest BCUT2D eigenvalue weighted by Crippen LogP contribution is -2.37. The maximum Gasteiger partial charge on any atom is 0.419 e. The maximum absolute atomic E-state index is 13.7. The average molecular weight is 486 g/mol. The predicted octanol–water partition coefficient (Wildman–Crippen LogP) is 4.31. The Morgan fingerprint density at radius 3 is 2.71 bits per heavy atom. The molecule has 0 spiro atoms. The highest BCUT2D eigenvalue weighted by Gasteiger charge is 2.38. The van der Waals surface area contributed by atoms with Crippen LogP contribution in [-0.2, 0) is 6.18 Å². The number of halogens is 3. The van der Waals surface area contributed by atoms with E-state index < -0.39 is 23.9 Å². The van der Waals surface area contributed by atoms with Crippen LogP contribution in [-0.4, -0.2) is 50.6 Å². The number of oxime groups is 1. The van der Waals surface area contributed by atoms with Gasteiger partial charge in [0.15, 0.2) is 0 Å². The summed E-state index contributed by atoms with van der Waals surface area (Å²) in [5.74, 6) is -0.503. The average Bonchev–Trinajstić information content (AvgIpc) is 3.44. The molecule has 4 N–H and O–H groups in total. The Morgan fingerprint density at radius 2 is 2.00 bits per heavy atom. The smallest absolute Gasteiger partial charge is 0.419 e. The number of benzene rings is 1. The first-order valence-corrected chi connectivity index (χ1v) is 11.3. The number of likely N-dealkylation sites (tertiary alicyclic amines) is 1. The maximum atomic E-state index is 13.7. The van der Waals surface area contributed by atoms with E-state index in [0.717, 1.165) is 38.2 Å². The summed E-state index contributed by atoms with van der Waals surface area (Å²) in [6.45, 7) is 2.41. The second-order valence-electron chi connectivity index (χ2n) is 8.30. The minimum Gasteiger partial charge on any atom is -0.493 e. The van der Waals surface area contributed by atoms with Crippen LogP contribution in [0.5, 0.6) is 5.75 Å². The normalized spacial score (nSPS) is 19.1. The van der Waals surface area contributed by atoms with Crippen molar-refractivity contribution in [1.29, 1.82) is 0 Å². The molecule has 1 aliphatic heterocycles. The van der Waals surface area contributed by atoms with E-state index in [1.165, 1.54) is 17.0 Å². The Balaban J connectivity index is 1.73. The van der Waals surface area contributed by atoms with Crippen molar-refractivity contribution in [3.05, 3.63) is 29.7 Å². The van der Waals surface area contributed by atoms with Crippen molar-refractivity contribution in [1.82, 2.24) is 15.0 Å². The number of aliphatic hydroxyl groups is 1. The van der Waals surface area contributed by atoms with Gasteiger partial charge in [-0.15, -0.1) is 0 Å². The standard InChI is InChI=1S/C22H30F3N5O4/c1-2-3-4-5-6-7-10-33-18-9-8-14(11-16(18)22(23,24)25)19-27-20(34-29-19)17-12-15(31)13-30(17)21(26)28-32/h8-9,11,15,17,31-32H,2-7,10,12-13H2,1H3,(H2,26,28)/t15-,17+/m1/s1. The van der Waals surface area contributed by atoms with Crippen molar-refractivity contribution >= 4 is 5.96 Å². The number of guanidine groups is 1. The third-order valence-corrected chi connectivity index (χ3v) is 5.70. The highest BCUT2D eigenvalue weighted by atomic mass is 19.4. The van der Waals surface area contributed by atoms with Crippen LogP contribution in [0, 0.1) is 0 Å². The molecular weight excluding hydrogens is 455 g/mol. The molecule has 12 heteroatoms. The SMILES string of the molecule is CCCCCCCCOc1ccc(-c2noc([C@@H]3C[C@@H](O)CN3/C(N)=N/O)n2)cc1C(F)(F)F. The molecule has 0 radical (unpaired) electrons. The third kappa shape index (κ3) is 6.31. The zero-order chi connectivity index (χ0) is 24.7. The number of nitrogens with two attached hydrogens (primary N) is 1. The Morgan fingerprint density at radius 1 is 1.26 bits per heavy atom. The summed E-state index contributed by atoms with van der Waals surface area (Å²) in [4.78, 5) is 5.57. The van der Waals surface area contributed by atoms with Crippen molar-refractivity contribution in [2.45, 2.75) is 70.2 Å². The molecule has 188 valence electrons. The number of hydrogen-bond donors (Lipinski definition) is 3. The summed E-state index contributed by atoms with van der Waals surface area (Å²) in [5, 5.41) is 25.6. The minimum absolute atomic E-state index is 0.0371. The highest BCUT2D eigenvalue weighted by molar-refractivity contribution is 5.78. The molecule has 0 bridgehead atoms. The first-order chi connectivity index (χ1) is 16.2. The van der Waals surface area contributed by atoms with E-state index in [-0.39, 0.29) is 48.6 Å². The summed E-state index contributed by atoms with van der Waals surface area (Å²) in [5.41, 5.74) is 4.82. The number of aromatic nitrogens is 2. The lowest BCUT2D eigenvalue weighted by Gasteiger charge is -2.20. The number of unbranched alkanes of at least 4 members (excludes halogenated alkanes) is 5. The zero-order valence-electron chi connectivity index (χ0n) is 19.0. The van der Waals surface area contributed by atoms with Gasteiger partial charge in [0, 0.05) is 18.5 Å². The Bertz CT molecular complexity index is 966. The second kappa shape index (κ2) is 11.4. The number of alkyl halides is 3. The van der Waals surface area contributed by atoms with Crippen LogP contribution in [0.25, 0.3) is 11.4 Å². The van der Waals surface area contributed by atoms with Gasteiger partial charge in [-0.3, -0.25) is 0 Å². The van der Waals surface area contributed by atoms with Gasteiger partial charge in [-0.1, -0.05) is 49.3 Å². The van der Waals surface area contributed by atoms with Crippen LogP contribution < -0.4 is 10.5 Å². The van der Waals surface area contributed by atoms with E-state index in [0.29, 0.717) is 6.42 Å². The van der Waals surface area contributed by atoms with Gasteiger partial charge in [0.25, 0.3) is 0 Å². The van der Waals surface area contributed by atoms with Crippen molar-refractivity contribution in [3.63, 3.8) is 0 Å². The van der Waals surface area contributed by atoms with Crippen LogP contribution in [0.1, 0.15) is 69.4 Å². The molecule has 0 unspecified atom stereocenters. The number of rotatable bonds is 10. The molecule has 1 aromatic carbocycles. The van der Waals surface area contributed by atoms with Crippen LogP contribution in [0.3, 0.4) is 0 Å². The molecule has 1 fully saturated rings. The number of ether oxygens (including phenoxy) is 1. The molecule has 2 heterocycles. The lowest BCUT2D eigenvalue weighted by molar-refractivity contribution is -0.138. The molecule has 2 aromatic rings. The fourth-order valence-corrected chi connectivity index (χ4v) is 3.93. The highest BCUT2D eigenvalue weighted by Crippen LogP contribution is 2.39. The lowest BCUT2D eigenvalue weighted by atomic mass is 10.1. The minimum atomic E-state index is -4.63. The van der Waals surface area contributed by atoms with Gasteiger partial charge in [-0.25, -0.2) is 0 Å². The first kappa shape index (κ1) is 25.6. The van der Waals surface area contributed by atoms with E-state index in [9.17, 15) is 18.3 Å². The molecule has 9 nitrogen and oxygen atoms in total. The quantitative estimate of drug-likeness (QED) is 0.149. The molecule has 1 saturated heterocycles. The zero-order valence-corrected chi connectivity index (χ0v) is 19.0. The monoisotopic (exact) mass is 485 g/mol. The molecule has 2 atom stereocenters. The largest absolute Gasteiger partial charge is 0.493 e. The number of aliphatic hydroxyl groups excluding tert-OH is 1. The van der Waals surface area contributed by atoms with Crippen LogP contribution >= 0.6 is 0 Å². The van der Waals surface area contributed by atoms with Crippen LogP contribution in [0.15, 0.2) is 27.9 Å². The van der Waals surface area contributed by atoms with E-state index in [1.807, 2.05) is 0 Å². The van der Waals surface area contributed by atoms with Crippen molar-refractivity contribution in [3.8, 4) is 17.1 Å². The molecule has 0 aliphatic carbocycles. The van der Waals surface area contributed by atoms with Crippen LogP contribution in [0.4, 0.5) is 13.2 Å². The van der Waals surface area contributed by atoms with E-state index >= 15 is 0 Å². The number of nitrogens with zero attached hydrogens (tertiary/aromatic N) is 4. The molecular formula is C22H30F3N5O4. The Labute approximate surface area is 195 Å². The first-order valence-electron chi connectivity index (χ1n) is 11.3. The number of β-amino-alcohol motifs (C(OH)–C–C–N with tert-alkyl or cyclic N) is 1. The topological polar surface area (TPSA) is 130 Å².